The molecule has 2 aromatic rings. The van der Waals surface area contributed by atoms with E-state index in [4.69, 9.17) is 0 Å². The van der Waals surface area contributed by atoms with Crippen molar-refractivity contribution in [3.05, 3.63) is 65.7 Å². The quantitative estimate of drug-likeness (QED) is 0.860. The predicted octanol–water partition coefficient (Wildman–Crippen LogP) is 3.93. The lowest BCUT2D eigenvalue weighted by Gasteiger charge is -2.76. The van der Waals surface area contributed by atoms with Crippen LogP contribution in [0.3, 0.4) is 0 Å². The molecule has 0 N–H and O–H groups in total. The van der Waals surface area contributed by atoms with Crippen molar-refractivity contribution in [2.24, 2.45) is 5.41 Å². The van der Waals surface area contributed by atoms with Gasteiger partial charge in [0.2, 0.25) is 0 Å². The lowest BCUT2D eigenvalue weighted by Crippen LogP contribution is -2.69. The highest BCUT2D eigenvalue weighted by molar-refractivity contribution is 7.90. The van der Waals surface area contributed by atoms with Crippen LogP contribution in [0.15, 0.2) is 59.5 Å². The van der Waals surface area contributed by atoms with Gasteiger partial charge in [-0.05, 0) is 47.4 Å². The molecule has 2 aromatic carbocycles. The van der Waals surface area contributed by atoms with Crippen LogP contribution in [0.2, 0.25) is 0 Å². The van der Waals surface area contributed by atoms with Crippen LogP contribution in [0.25, 0.3) is 0 Å². The molecular weight excluding hydrogens is 292 g/mol. The molecule has 2 bridgehead atoms. The van der Waals surface area contributed by atoms with Gasteiger partial charge in [0.05, 0.1) is 4.90 Å². The zero-order valence-electron chi connectivity index (χ0n) is 12.9. The van der Waals surface area contributed by atoms with Crippen LogP contribution in [-0.4, -0.2) is 14.7 Å². The topological polar surface area (TPSA) is 34.1 Å². The minimum atomic E-state index is -3.12. The molecule has 0 amide bonds. The third kappa shape index (κ3) is 1.75. The number of sulfone groups is 1. The van der Waals surface area contributed by atoms with E-state index in [-0.39, 0.29) is 5.41 Å². The van der Waals surface area contributed by atoms with Gasteiger partial charge in [0.1, 0.15) is 0 Å². The Morgan fingerprint density at radius 1 is 0.955 bits per heavy atom. The van der Waals surface area contributed by atoms with E-state index in [0.29, 0.717) is 16.2 Å². The molecule has 3 heteroatoms. The Morgan fingerprint density at radius 3 is 2.05 bits per heavy atom. The zero-order chi connectivity index (χ0) is 15.6. The summed E-state index contributed by atoms with van der Waals surface area (Å²) in [6.45, 7) is 2.35. The van der Waals surface area contributed by atoms with Gasteiger partial charge >= 0.3 is 0 Å². The van der Waals surface area contributed by atoms with Gasteiger partial charge < -0.3 is 0 Å². The summed E-state index contributed by atoms with van der Waals surface area (Å²) in [6, 6.07) is 18.3. The van der Waals surface area contributed by atoms with Gasteiger partial charge in [-0.25, -0.2) is 8.42 Å². The first kappa shape index (κ1) is 14.0. The molecule has 22 heavy (non-hydrogen) atoms. The second-order valence-corrected chi connectivity index (χ2v) is 9.32. The summed E-state index contributed by atoms with van der Waals surface area (Å²) in [5.41, 5.74) is 3.34. The molecule has 0 aromatic heterocycles. The first-order chi connectivity index (χ1) is 10.4. The van der Waals surface area contributed by atoms with Gasteiger partial charge in [-0.2, -0.15) is 0 Å². The van der Waals surface area contributed by atoms with E-state index >= 15 is 0 Å². The largest absolute Gasteiger partial charge is 0.224 e. The summed E-state index contributed by atoms with van der Waals surface area (Å²) in [6.07, 6.45) is 3.74. The van der Waals surface area contributed by atoms with Crippen molar-refractivity contribution >= 4 is 9.84 Å². The van der Waals surface area contributed by atoms with Crippen molar-refractivity contribution in [1.29, 1.82) is 0 Å². The molecule has 0 saturated heterocycles. The molecular formula is C19H20O2S. The number of rotatable bonds is 3. The summed E-state index contributed by atoms with van der Waals surface area (Å²) < 4.78 is 23.2. The van der Waals surface area contributed by atoms with E-state index in [0.717, 1.165) is 0 Å². The number of benzene rings is 2. The SMILES string of the molecule is CC12CC(c3ccccc3)(C1)C2c1ccc(S(C)(=O)=O)cc1. The number of hydrogen-bond acceptors (Lipinski definition) is 2. The lowest BCUT2D eigenvalue weighted by atomic mass is 9.27. The Hall–Kier alpha value is -1.61. The van der Waals surface area contributed by atoms with E-state index < -0.39 is 9.84 Å². The smallest absolute Gasteiger partial charge is 0.175 e. The summed E-state index contributed by atoms with van der Waals surface area (Å²) >= 11 is 0. The minimum Gasteiger partial charge on any atom is -0.224 e. The van der Waals surface area contributed by atoms with Crippen molar-refractivity contribution in [3.63, 3.8) is 0 Å². The van der Waals surface area contributed by atoms with Crippen LogP contribution >= 0.6 is 0 Å². The molecule has 3 aliphatic rings. The molecule has 3 aliphatic carbocycles. The highest BCUT2D eigenvalue weighted by atomic mass is 32.2. The Morgan fingerprint density at radius 2 is 1.55 bits per heavy atom. The third-order valence-electron chi connectivity index (χ3n) is 5.68. The van der Waals surface area contributed by atoms with Gasteiger partial charge in [0, 0.05) is 11.7 Å². The molecule has 0 heterocycles. The van der Waals surface area contributed by atoms with Crippen LogP contribution in [0.5, 0.6) is 0 Å². The summed E-state index contributed by atoms with van der Waals surface area (Å²) in [4.78, 5) is 0.406. The monoisotopic (exact) mass is 312 g/mol. The van der Waals surface area contributed by atoms with Crippen LogP contribution in [-0.2, 0) is 15.3 Å². The van der Waals surface area contributed by atoms with E-state index in [9.17, 15) is 8.42 Å². The minimum absolute atomic E-state index is 0.266. The van der Waals surface area contributed by atoms with E-state index in [2.05, 4.69) is 37.3 Å². The van der Waals surface area contributed by atoms with Crippen LogP contribution in [0, 0.1) is 5.41 Å². The zero-order valence-corrected chi connectivity index (χ0v) is 13.7. The van der Waals surface area contributed by atoms with Crippen molar-refractivity contribution in [2.75, 3.05) is 6.26 Å². The van der Waals surface area contributed by atoms with Crippen LogP contribution in [0.4, 0.5) is 0 Å². The van der Waals surface area contributed by atoms with Crippen molar-refractivity contribution in [2.45, 2.75) is 36.0 Å². The van der Waals surface area contributed by atoms with Crippen LogP contribution < -0.4 is 0 Å². The molecule has 3 saturated carbocycles. The summed E-state index contributed by atoms with van der Waals surface area (Å²) in [7, 11) is -3.12. The highest BCUT2D eigenvalue weighted by Gasteiger charge is 2.73. The molecule has 114 valence electrons. The first-order valence-electron chi connectivity index (χ1n) is 7.71. The molecule has 1 atom stereocenters. The predicted molar refractivity (Wildman–Crippen MR) is 87.8 cm³/mol. The normalized spacial score (nSPS) is 32.9. The van der Waals surface area contributed by atoms with Crippen molar-refractivity contribution in [3.8, 4) is 0 Å². The van der Waals surface area contributed by atoms with Crippen molar-refractivity contribution in [1.82, 2.24) is 0 Å². The third-order valence-corrected chi connectivity index (χ3v) is 6.81. The van der Waals surface area contributed by atoms with Gasteiger partial charge in [-0.3, -0.25) is 0 Å². The molecule has 0 spiro atoms. The highest BCUT2D eigenvalue weighted by Crippen LogP contribution is 2.80. The van der Waals surface area contributed by atoms with Crippen molar-refractivity contribution < 1.29 is 8.42 Å². The van der Waals surface area contributed by atoms with Gasteiger partial charge in [-0.15, -0.1) is 0 Å². The van der Waals surface area contributed by atoms with Gasteiger partial charge in [0.25, 0.3) is 0 Å². The maximum Gasteiger partial charge on any atom is 0.175 e. The molecule has 5 rings (SSSR count). The van der Waals surface area contributed by atoms with Gasteiger partial charge in [0.15, 0.2) is 9.84 Å². The first-order valence-corrected chi connectivity index (χ1v) is 9.60. The van der Waals surface area contributed by atoms with Crippen LogP contribution in [0.1, 0.15) is 36.8 Å². The number of hydrogen-bond donors (Lipinski definition) is 0. The molecule has 1 unspecified atom stereocenters. The fraction of sp³-hybridized carbons (Fsp3) is 0.368. The average Bonchev–Trinajstić information content (AvgIpc) is 2.44. The second kappa shape index (κ2) is 4.23. The standard InChI is InChI=1S/C19H20O2S/c1-18-12-19(13-18,15-6-4-3-5-7-15)17(18)14-8-10-16(11-9-14)22(2,20)21/h3-11,17H,12-13H2,1-2H3. The molecule has 3 fully saturated rings. The second-order valence-electron chi connectivity index (χ2n) is 7.30. The Balaban J connectivity index is 1.71. The maximum absolute atomic E-state index is 11.6. The van der Waals surface area contributed by atoms with E-state index in [1.165, 1.54) is 30.2 Å². The lowest BCUT2D eigenvalue weighted by molar-refractivity contribution is -0.160. The molecule has 0 aliphatic heterocycles. The Bertz CT molecular complexity index is 813. The Kier molecular flexibility index (Phi) is 2.69. The summed E-state index contributed by atoms with van der Waals surface area (Å²) in [5, 5.41) is 0. The fourth-order valence-corrected chi connectivity index (χ4v) is 5.60. The maximum atomic E-state index is 11.6. The molecule has 0 radical (unpaired) electrons. The van der Waals surface area contributed by atoms with Gasteiger partial charge in [-0.1, -0.05) is 49.4 Å². The van der Waals surface area contributed by atoms with E-state index in [1.54, 1.807) is 12.1 Å². The Labute approximate surface area is 132 Å². The van der Waals surface area contributed by atoms with E-state index in [1.807, 2.05) is 12.1 Å². The molecule has 2 nitrogen and oxygen atoms in total. The average molecular weight is 312 g/mol. The summed E-state index contributed by atoms with van der Waals surface area (Å²) in [5.74, 6) is 0.510. The fourth-order valence-electron chi connectivity index (χ4n) is 4.97.